The third-order valence-electron chi connectivity index (χ3n) is 5.87. The molecule has 5 aromatic carbocycles. The van der Waals surface area contributed by atoms with Gasteiger partial charge in [-0.15, -0.1) is 11.3 Å². The Hall–Kier alpha value is -3.88. The number of hydrogen-bond acceptors (Lipinski definition) is 2. The number of anilines is 3. The Morgan fingerprint density at radius 1 is 0.438 bits per heavy atom. The molecule has 6 aromatic rings. The maximum absolute atomic E-state index is 2.37. The average molecular weight is 428 g/mol. The highest BCUT2D eigenvalue weighted by molar-refractivity contribution is 7.26. The molecule has 1 aromatic heterocycles. The van der Waals surface area contributed by atoms with Gasteiger partial charge in [-0.05, 0) is 47.5 Å². The fourth-order valence-corrected chi connectivity index (χ4v) is 5.55. The van der Waals surface area contributed by atoms with Gasteiger partial charge >= 0.3 is 0 Å². The molecule has 0 aliphatic heterocycles. The Morgan fingerprint density at radius 2 is 1.03 bits per heavy atom. The van der Waals surface area contributed by atoms with Gasteiger partial charge in [0.15, 0.2) is 0 Å². The molecule has 0 N–H and O–H groups in total. The van der Waals surface area contributed by atoms with E-state index in [1.54, 1.807) is 0 Å². The van der Waals surface area contributed by atoms with E-state index in [2.05, 4.69) is 132 Å². The number of rotatable bonds is 4. The summed E-state index contributed by atoms with van der Waals surface area (Å²) in [5.74, 6) is 0. The zero-order valence-corrected chi connectivity index (χ0v) is 18.3. The normalized spacial score (nSPS) is 11.1. The van der Waals surface area contributed by atoms with Gasteiger partial charge in [-0.2, -0.15) is 0 Å². The Kier molecular flexibility index (Phi) is 4.71. The van der Waals surface area contributed by atoms with Crippen molar-refractivity contribution in [1.29, 1.82) is 0 Å². The van der Waals surface area contributed by atoms with Crippen LogP contribution in [0, 0.1) is 0 Å². The van der Waals surface area contributed by atoms with Crippen LogP contribution in [0.3, 0.4) is 0 Å². The van der Waals surface area contributed by atoms with Gasteiger partial charge in [0.25, 0.3) is 0 Å². The summed E-state index contributed by atoms with van der Waals surface area (Å²) in [4.78, 5) is 2.37. The number of fused-ring (bicyclic) bond motifs is 3. The van der Waals surface area contributed by atoms with Gasteiger partial charge < -0.3 is 4.90 Å². The molecule has 0 aliphatic rings. The van der Waals surface area contributed by atoms with Gasteiger partial charge in [0.05, 0.1) is 10.4 Å². The molecule has 0 spiro atoms. The van der Waals surface area contributed by atoms with Crippen LogP contribution in [0.25, 0.3) is 31.3 Å². The topological polar surface area (TPSA) is 3.24 Å². The van der Waals surface area contributed by atoms with Crippen LogP contribution in [-0.2, 0) is 0 Å². The maximum atomic E-state index is 2.37. The third kappa shape index (κ3) is 3.26. The SMILES string of the molecule is c1ccc(-c2ccc(N(c3ccccc3)c3cccc4c3sc3ccccc34)cc2)cc1. The Bertz CT molecular complexity index is 1500. The van der Waals surface area contributed by atoms with Gasteiger partial charge in [-0.25, -0.2) is 0 Å². The van der Waals surface area contributed by atoms with Crippen molar-refractivity contribution < 1.29 is 0 Å². The summed E-state index contributed by atoms with van der Waals surface area (Å²) in [6.45, 7) is 0. The minimum atomic E-state index is 1.15. The number of hydrogen-bond donors (Lipinski definition) is 0. The molecule has 2 heteroatoms. The first-order chi connectivity index (χ1) is 15.9. The zero-order chi connectivity index (χ0) is 21.3. The molecule has 0 fully saturated rings. The van der Waals surface area contributed by atoms with E-state index in [0.717, 1.165) is 11.4 Å². The highest BCUT2D eigenvalue weighted by atomic mass is 32.1. The van der Waals surface area contributed by atoms with Crippen LogP contribution in [0.15, 0.2) is 127 Å². The van der Waals surface area contributed by atoms with E-state index in [1.165, 1.54) is 37.0 Å². The summed E-state index contributed by atoms with van der Waals surface area (Å²) < 4.78 is 2.63. The molecule has 1 nitrogen and oxygen atoms in total. The summed E-state index contributed by atoms with van der Waals surface area (Å²) >= 11 is 1.86. The quantitative estimate of drug-likeness (QED) is 0.271. The van der Waals surface area contributed by atoms with Gasteiger partial charge in [-0.1, -0.05) is 91.0 Å². The highest BCUT2D eigenvalue weighted by Crippen LogP contribution is 2.44. The molecule has 0 radical (unpaired) electrons. The predicted octanol–water partition coefficient (Wildman–Crippen LogP) is 9.19. The van der Waals surface area contributed by atoms with Crippen molar-refractivity contribution in [3.63, 3.8) is 0 Å². The fourth-order valence-electron chi connectivity index (χ4n) is 4.35. The molecule has 152 valence electrons. The molecule has 0 saturated heterocycles. The molecule has 32 heavy (non-hydrogen) atoms. The van der Waals surface area contributed by atoms with Gasteiger partial charge in [-0.3, -0.25) is 0 Å². The van der Waals surface area contributed by atoms with Crippen molar-refractivity contribution in [3.05, 3.63) is 127 Å². The van der Waals surface area contributed by atoms with E-state index in [9.17, 15) is 0 Å². The molecule has 1 heterocycles. The average Bonchev–Trinajstić information content (AvgIpc) is 3.26. The third-order valence-corrected chi connectivity index (χ3v) is 7.08. The minimum Gasteiger partial charge on any atom is -0.309 e. The van der Waals surface area contributed by atoms with Crippen LogP contribution in [-0.4, -0.2) is 0 Å². The van der Waals surface area contributed by atoms with Crippen LogP contribution in [0.4, 0.5) is 17.1 Å². The fraction of sp³-hybridized carbons (Fsp3) is 0. The molecule has 0 atom stereocenters. The van der Waals surface area contributed by atoms with Crippen molar-refractivity contribution in [3.8, 4) is 11.1 Å². The van der Waals surface area contributed by atoms with Gasteiger partial charge in [0, 0.05) is 26.8 Å². The van der Waals surface area contributed by atoms with Gasteiger partial charge in [0.2, 0.25) is 0 Å². The second kappa shape index (κ2) is 7.99. The molecule has 0 aliphatic carbocycles. The summed E-state index contributed by atoms with van der Waals surface area (Å²) in [7, 11) is 0. The molecule has 0 saturated carbocycles. The number of para-hydroxylation sites is 1. The molecule has 0 bridgehead atoms. The van der Waals surface area contributed by atoms with E-state index in [0.29, 0.717) is 0 Å². The summed E-state index contributed by atoms with van der Waals surface area (Å²) in [5.41, 5.74) is 5.98. The minimum absolute atomic E-state index is 1.15. The summed E-state index contributed by atoms with van der Waals surface area (Å²) in [6, 6.07) is 45.4. The van der Waals surface area contributed by atoms with Crippen molar-refractivity contribution in [2.45, 2.75) is 0 Å². The molecular weight excluding hydrogens is 406 g/mol. The summed E-state index contributed by atoms with van der Waals surface area (Å²) in [5, 5.41) is 2.63. The Balaban J connectivity index is 1.54. The molecule has 0 unspecified atom stereocenters. The second-order valence-electron chi connectivity index (χ2n) is 7.84. The smallest absolute Gasteiger partial charge is 0.0640 e. The second-order valence-corrected chi connectivity index (χ2v) is 8.89. The van der Waals surface area contributed by atoms with Crippen LogP contribution in [0.2, 0.25) is 0 Å². The van der Waals surface area contributed by atoms with Crippen molar-refractivity contribution in [1.82, 2.24) is 0 Å². The van der Waals surface area contributed by atoms with Crippen LogP contribution in [0.5, 0.6) is 0 Å². The van der Waals surface area contributed by atoms with E-state index < -0.39 is 0 Å². The van der Waals surface area contributed by atoms with Crippen LogP contribution >= 0.6 is 11.3 Å². The lowest BCUT2D eigenvalue weighted by molar-refractivity contribution is 1.30. The standard InChI is InChI=1S/C30H21NS/c1-3-10-22(11-4-1)23-18-20-25(21-19-23)31(24-12-5-2-6-13-24)28-16-9-15-27-26-14-7-8-17-29(26)32-30(27)28/h1-21H. The van der Waals surface area contributed by atoms with Crippen LogP contribution < -0.4 is 4.90 Å². The van der Waals surface area contributed by atoms with E-state index >= 15 is 0 Å². The van der Waals surface area contributed by atoms with E-state index in [-0.39, 0.29) is 0 Å². The predicted molar refractivity (Wildman–Crippen MR) is 139 cm³/mol. The van der Waals surface area contributed by atoms with E-state index in [4.69, 9.17) is 0 Å². The molecule has 6 rings (SSSR count). The number of nitrogens with zero attached hydrogens (tertiary/aromatic N) is 1. The van der Waals surface area contributed by atoms with Crippen molar-refractivity contribution in [2.75, 3.05) is 4.90 Å². The lowest BCUT2D eigenvalue weighted by Gasteiger charge is -2.26. The Labute approximate surface area is 191 Å². The monoisotopic (exact) mass is 427 g/mol. The summed E-state index contributed by atoms with van der Waals surface area (Å²) in [6.07, 6.45) is 0. The zero-order valence-electron chi connectivity index (χ0n) is 17.5. The number of thiophene rings is 1. The van der Waals surface area contributed by atoms with Crippen molar-refractivity contribution in [2.24, 2.45) is 0 Å². The first-order valence-corrected chi connectivity index (χ1v) is 11.6. The largest absolute Gasteiger partial charge is 0.309 e. The lowest BCUT2D eigenvalue weighted by atomic mass is 10.0. The first-order valence-electron chi connectivity index (χ1n) is 10.8. The Morgan fingerprint density at radius 3 is 1.81 bits per heavy atom. The van der Waals surface area contributed by atoms with Crippen LogP contribution in [0.1, 0.15) is 0 Å². The maximum Gasteiger partial charge on any atom is 0.0640 e. The molecule has 0 amide bonds. The first kappa shape index (κ1) is 18.9. The highest BCUT2D eigenvalue weighted by Gasteiger charge is 2.17. The lowest BCUT2D eigenvalue weighted by Crippen LogP contribution is -2.09. The van der Waals surface area contributed by atoms with Crippen molar-refractivity contribution >= 4 is 48.6 Å². The van der Waals surface area contributed by atoms with E-state index in [1.807, 2.05) is 11.3 Å². The molecular formula is C30H21NS. The number of benzene rings is 5. The van der Waals surface area contributed by atoms with Gasteiger partial charge in [0.1, 0.15) is 0 Å².